The van der Waals surface area contributed by atoms with Crippen molar-refractivity contribution in [1.29, 1.82) is 0 Å². The molecular weight excluding hydrogens is 1460 g/mol. The molecule has 596 valence electrons. The monoisotopic (exact) mass is 1580 g/mol. The highest BCUT2D eigenvalue weighted by Crippen LogP contribution is 2.53. The first-order valence-electron chi connectivity index (χ1n) is 42.5. The van der Waals surface area contributed by atoms with E-state index in [0.29, 0.717) is 25.7 Å². The average molecular weight is 1580 g/mol. The molecule has 0 aromatic heterocycles. The van der Waals surface area contributed by atoms with Crippen LogP contribution in [0.15, 0.2) is 243 Å². The Kier molecular flexibility index (Phi) is 24.5. The second-order valence-electron chi connectivity index (χ2n) is 36.1. The summed E-state index contributed by atoms with van der Waals surface area (Å²) in [5.41, 5.74) is 56.6. The van der Waals surface area contributed by atoms with Crippen LogP contribution in [0, 0.1) is 111 Å². The van der Waals surface area contributed by atoms with Crippen molar-refractivity contribution in [2.75, 3.05) is 12.5 Å². The highest BCUT2D eigenvalue weighted by Gasteiger charge is 2.33. The summed E-state index contributed by atoms with van der Waals surface area (Å²) in [5, 5.41) is 0. The lowest BCUT2D eigenvalue weighted by molar-refractivity contribution is 0.588. The smallest absolute Gasteiger partial charge is 0.0290 e. The standard InChI is InChI=1S/C116H120S2/c1-69-37-25-38-70(2)103(69)91-53-33-54-92(104-71(3)39-26-40-72(104)4)99(91)65-85-61-89(115(17,18)19)62-86(66-100-93(105-73(5)41-27-42-74(105)6)55-34-56-94(100)106-75(7)43-28-44-76(106)8)111(85)113(117-23)114(118-24)112-87(67-101-95(107-77(9)45-29-46-78(107)10)57-35-58-96(101)108-79(11)47-30-48-80(108)12)63-90(116(20,21)22)64-88(112)68-102-97(109-81(13)49-31-50-82(109)14)59-36-60-98(102)110-83(15)51-32-52-84(110)16/h25-64H,65-68H2,1-24H3/b114-113+. The Morgan fingerprint density at radius 3 is 0.449 bits per heavy atom. The number of aryl methyl sites for hydroxylation is 16. The molecular formula is C116H120S2. The Morgan fingerprint density at radius 2 is 0.331 bits per heavy atom. The molecule has 0 fully saturated rings. The maximum atomic E-state index is 2.67. The van der Waals surface area contributed by atoms with Gasteiger partial charge in [0.25, 0.3) is 0 Å². The van der Waals surface area contributed by atoms with Crippen LogP contribution in [0.3, 0.4) is 0 Å². The van der Waals surface area contributed by atoms with Crippen molar-refractivity contribution < 1.29 is 0 Å². The topological polar surface area (TPSA) is 0 Å². The Bertz CT molecular complexity index is 5110. The summed E-state index contributed by atoms with van der Waals surface area (Å²) in [6.45, 7) is 51.7. The second kappa shape index (κ2) is 34.5. The summed E-state index contributed by atoms with van der Waals surface area (Å²) < 4.78 is 0. The van der Waals surface area contributed by atoms with Crippen molar-refractivity contribution >= 4 is 33.3 Å². The molecule has 0 unspecified atom stereocenters. The zero-order valence-corrected chi connectivity index (χ0v) is 76.4. The highest BCUT2D eigenvalue weighted by molar-refractivity contribution is 8.13. The fourth-order valence-electron chi connectivity index (χ4n) is 19.8. The molecule has 0 saturated heterocycles. The first-order valence-corrected chi connectivity index (χ1v) is 45.0. The van der Waals surface area contributed by atoms with E-state index in [0.717, 1.165) is 0 Å². The molecule has 0 saturated carbocycles. The summed E-state index contributed by atoms with van der Waals surface area (Å²) in [6.07, 6.45) is 7.48. The lowest BCUT2D eigenvalue weighted by Gasteiger charge is -2.30. The van der Waals surface area contributed by atoms with E-state index in [4.69, 9.17) is 0 Å². The van der Waals surface area contributed by atoms with Crippen LogP contribution >= 0.6 is 23.5 Å². The molecule has 0 atom stereocenters. The normalized spacial score (nSPS) is 12.1. The van der Waals surface area contributed by atoms with Crippen LogP contribution in [-0.4, -0.2) is 12.5 Å². The number of hydrogen-bond donors (Lipinski definition) is 0. The Labute approximate surface area is 716 Å². The molecule has 0 nitrogen and oxygen atoms in total. The number of rotatable bonds is 20. The third-order valence-corrected chi connectivity index (χ3v) is 27.3. The van der Waals surface area contributed by atoms with E-state index in [1.165, 1.54) is 255 Å². The molecule has 0 aliphatic rings. The maximum absolute atomic E-state index is 2.67. The van der Waals surface area contributed by atoms with Gasteiger partial charge >= 0.3 is 0 Å². The van der Waals surface area contributed by atoms with Gasteiger partial charge in [-0.05, 0) is 405 Å². The van der Waals surface area contributed by atoms with Gasteiger partial charge in [0.2, 0.25) is 0 Å². The zero-order valence-electron chi connectivity index (χ0n) is 74.7. The lowest BCUT2D eigenvalue weighted by atomic mass is 9.76. The highest BCUT2D eigenvalue weighted by atomic mass is 32.2. The van der Waals surface area contributed by atoms with Crippen molar-refractivity contribution in [1.82, 2.24) is 0 Å². The molecule has 0 spiro atoms. The number of thioether (sulfide) groups is 2. The van der Waals surface area contributed by atoms with Crippen LogP contribution < -0.4 is 0 Å². The van der Waals surface area contributed by atoms with Crippen LogP contribution in [0.2, 0.25) is 0 Å². The van der Waals surface area contributed by atoms with E-state index in [1.54, 1.807) is 0 Å². The Balaban J connectivity index is 1.21. The van der Waals surface area contributed by atoms with E-state index in [9.17, 15) is 0 Å². The van der Waals surface area contributed by atoms with E-state index >= 15 is 0 Å². The van der Waals surface area contributed by atoms with Gasteiger partial charge in [-0.3, -0.25) is 0 Å². The molecule has 0 aliphatic carbocycles. The van der Waals surface area contributed by atoms with Gasteiger partial charge in [-0.15, -0.1) is 23.5 Å². The average Bonchev–Trinajstić information content (AvgIpc) is 0.746. The molecule has 14 aromatic carbocycles. The van der Waals surface area contributed by atoms with Crippen molar-refractivity contribution in [3.63, 3.8) is 0 Å². The predicted molar refractivity (Wildman–Crippen MR) is 520 cm³/mol. The summed E-state index contributed by atoms with van der Waals surface area (Å²) in [7, 11) is 0. The van der Waals surface area contributed by atoms with Crippen LogP contribution in [0.4, 0.5) is 0 Å². The number of hydrogen-bond acceptors (Lipinski definition) is 2. The third-order valence-electron chi connectivity index (χ3n) is 25.6. The van der Waals surface area contributed by atoms with Gasteiger partial charge in [0, 0.05) is 9.81 Å². The second-order valence-corrected chi connectivity index (χ2v) is 37.7. The number of benzene rings is 14. The maximum Gasteiger partial charge on any atom is 0.0290 e. The molecule has 0 heterocycles. The van der Waals surface area contributed by atoms with Crippen LogP contribution in [0.5, 0.6) is 0 Å². The molecule has 2 heteroatoms. The fraction of sp³-hybridized carbons (Fsp3) is 0.259. The quantitative estimate of drug-likeness (QED) is 0.0698. The molecule has 0 N–H and O–H groups in total. The molecule has 0 bridgehead atoms. The van der Waals surface area contributed by atoms with Gasteiger partial charge in [-0.1, -0.05) is 284 Å². The summed E-state index contributed by atoms with van der Waals surface area (Å²) in [5.74, 6) is 0. The van der Waals surface area contributed by atoms with Crippen molar-refractivity contribution in [3.05, 3.63) is 398 Å². The summed E-state index contributed by atoms with van der Waals surface area (Å²) in [6, 6.07) is 94.5. The van der Waals surface area contributed by atoms with Gasteiger partial charge < -0.3 is 0 Å². The predicted octanol–water partition coefficient (Wildman–Crippen LogP) is 32.5. The molecule has 118 heavy (non-hydrogen) atoms. The Morgan fingerprint density at radius 1 is 0.203 bits per heavy atom. The van der Waals surface area contributed by atoms with Gasteiger partial charge in [0.1, 0.15) is 0 Å². The lowest BCUT2D eigenvalue weighted by Crippen LogP contribution is -2.16. The molecule has 0 aliphatic heterocycles. The van der Waals surface area contributed by atoms with Gasteiger partial charge in [0.05, 0.1) is 0 Å². The zero-order chi connectivity index (χ0) is 84.1. The van der Waals surface area contributed by atoms with E-state index in [2.05, 4.69) is 407 Å². The van der Waals surface area contributed by atoms with Gasteiger partial charge in [-0.25, -0.2) is 0 Å². The summed E-state index contributed by atoms with van der Waals surface area (Å²) in [4.78, 5) is 2.58. The minimum absolute atomic E-state index is 0.258. The van der Waals surface area contributed by atoms with Crippen molar-refractivity contribution in [2.24, 2.45) is 0 Å². The fourth-order valence-corrected chi connectivity index (χ4v) is 21.8. The first-order chi connectivity index (χ1) is 56.4. The minimum atomic E-state index is -0.258. The molecule has 0 amide bonds. The third kappa shape index (κ3) is 16.4. The largest absolute Gasteiger partial charge is 0.128 e. The van der Waals surface area contributed by atoms with E-state index < -0.39 is 0 Å². The van der Waals surface area contributed by atoms with Crippen LogP contribution in [0.1, 0.15) is 197 Å². The Hall–Kier alpha value is -10.5. The first kappa shape index (κ1) is 84.0. The van der Waals surface area contributed by atoms with Gasteiger partial charge in [0.15, 0.2) is 0 Å². The van der Waals surface area contributed by atoms with E-state index in [-0.39, 0.29) is 10.8 Å². The van der Waals surface area contributed by atoms with E-state index in [1.807, 2.05) is 23.5 Å². The van der Waals surface area contributed by atoms with Crippen LogP contribution in [-0.2, 0) is 36.5 Å². The van der Waals surface area contributed by atoms with Crippen LogP contribution in [0.25, 0.3) is 98.8 Å². The SMILES string of the molecule is CS/C(=C(/SC)c1c(Cc2c(-c3c(C)cccc3C)cccc2-c2c(C)cccc2C)cc(C(C)(C)C)cc1Cc1c(-c2c(C)cccc2C)cccc1-c1c(C)cccc1C)c1c(Cc2c(-c3c(C)cccc3C)cccc2-c2c(C)cccc2C)cc(C(C)(C)C)cc1Cc1c(-c2c(C)cccc2C)cccc1-c1c(C)cccc1C. The molecule has 14 rings (SSSR count). The molecule has 0 radical (unpaired) electrons. The minimum Gasteiger partial charge on any atom is -0.128 e. The summed E-state index contributed by atoms with van der Waals surface area (Å²) >= 11 is 3.90. The van der Waals surface area contributed by atoms with Crippen molar-refractivity contribution in [3.8, 4) is 89.0 Å². The molecule has 14 aromatic rings. The van der Waals surface area contributed by atoms with Crippen molar-refractivity contribution in [2.45, 2.75) is 189 Å². The van der Waals surface area contributed by atoms with Gasteiger partial charge in [-0.2, -0.15) is 0 Å².